The number of Topliss-reactive ketones (excluding diaryl/α,β-unsaturated/α-hetero) is 1. The molecule has 4 nitrogen and oxygen atoms in total. The summed E-state index contributed by atoms with van der Waals surface area (Å²) in [5.74, 6) is 1.13. The number of ketones is 1. The van der Waals surface area contributed by atoms with Crippen LogP contribution in [0.3, 0.4) is 0 Å². The van der Waals surface area contributed by atoms with Crippen LogP contribution in [0.1, 0.15) is 36.3 Å². The van der Waals surface area contributed by atoms with Gasteiger partial charge in [-0.3, -0.25) is 4.79 Å². The molecule has 0 unspecified atom stereocenters. The first-order valence-electron chi connectivity index (χ1n) is 8.77. The van der Waals surface area contributed by atoms with Gasteiger partial charge in [0.05, 0.1) is 14.2 Å². The molecule has 1 heterocycles. The third-order valence-electron chi connectivity index (χ3n) is 5.17. The lowest BCUT2D eigenvalue weighted by Gasteiger charge is -2.35. The second kappa shape index (κ2) is 7.10. The minimum Gasteiger partial charge on any atom is -0.493 e. The summed E-state index contributed by atoms with van der Waals surface area (Å²) in [4.78, 5) is 12.9. The zero-order valence-corrected chi connectivity index (χ0v) is 16.6. The highest BCUT2D eigenvalue weighted by Crippen LogP contribution is 2.49. The van der Waals surface area contributed by atoms with Crippen LogP contribution in [0.5, 0.6) is 11.5 Å². The zero-order chi connectivity index (χ0) is 19.1. The van der Waals surface area contributed by atoms with E-state index in [0.717, 1.165) is 40.9 Å². The number of carbonyl (C=O) groups is 1. The van der Waals surface area contributed by atoms with Gasteiger partial charge in [-0.1, -0.05) is 29.3 Å². The fraction of sp³-hybridized carbons (Fsp3) is 0.286. The molecule has 1 aliphatic carbocycles. The van der Waals surface area contributed by atoms with Gasteiger partial charge in [0.25, 0.3) is 0 Å². The molecule has 2 aromatic rings. The molecule has 0 saturated heterocycles. The van der Waals surface area contributed by atoms with Crippen molar-refractivity contribution < 1.29 is 14.3 Å². The minimum atomic E-state index is -0.270. The lowest BCUT2D eigenvalue weighted by Crippen LogP contribution is -2.27. The average Bonchev–Trinajstić information content (AvgIpc) is 2.66. The van der Waals surface area contributed by atoms with Gasteiger partial charge in [-0.05, 0) is 42.2 Å². The summed E-state index contributed by atoms with van der Waals surface area (Å²) in [5.41, 5.74) is 4.44. The van der Waals surface area contributed by atoms with Gasteiger partial charge in [0.1, 0.15) is 0 Å². The standard InChI is InChI=1S/C21H19Cl2NO3/c1-26-18-9-13-16(10-19(18)27-2)24-15-4-3-5-17(25)21(15)20(13)12-7-6-11(22)8-14(12)23/h6-10,20,24H,3-5H2,1-2H3/t20-/m0/s1. The molecule has 2 aliphatic rings. The van der Waals surface area contributed by atoms with Crippen molar-refractivity contribution in [3.05, 3.63) is 62.8 Å². The van der Waals surface area contributed by atoms with E-state index in [1.807, 2.05) is 18.2 Å². The first kappa shape index (κ1) is 18.2. The number of nitrogens with one attached hydrogen (secondary N) is 1. The largest absolute Gasteiger partial charge is 0.493 e. The molecule has 0 aromatic heterocycles. The van der Waals surface area contributed by atoms with Gasteiger partial charge in [-0.25, -0.2) is 0 Å². The first-order chi connectivity index (χ1) is 13.0. The second-order valence-corrected chi connectivity index (χ2v) is 7.53. The molecule has 0 amide bonds. The Bertz CT molecular complexity index is 968. The SMILES string of the molecule is COc1cc2c(cc1OC)[C@H](c1ccc(Cl)cc1Cl)C1=C(CCCC1=O)N2. The highest BCUT2D eigenvalue weighted by molar-refractivity contribution is 6.35. The Labute approximate surface area is 168 Å². The van der Waals surface area contributed by atoms with E-state index in [1.54, 1.807) is 26.4 Å². The quantitative estimate of drug-likeness (QED) is 0.726. The van der Waals surface area contributed by atoms with Crippen molar-refractivity contribution >= 4 is 34.7 Å². The van der Waals surface area contributed by atoms with Crippen molar-refractivity contribution in [2.24, 2.45) is 0 Å². The van der Waals surface area contributed by atoms with Crippen molar-refractivity contribution in [1.82, 2.24) is 0 Å². The molecule has 140 valence electrons. The van der Waals surface area contributed by atoms with Crippen LogP contribution in [0.4, 0.5) is 5.69 Å². The molecule has 1 N–H and O–H groups in total. The number of fused-ring (bicyclic) bond motifs is 1. The Kier molecular flexibility index (Phi) is 4.79. The highest BCUT2D eigenvalue weighted by Gasteiger charge is 2.36. The average molecular weight is 404 g/mol. The molecule has 1 atom stereocenters. The number of hydrogen-bond donors (Lipinski definition) is 1. The number of anilines is 1. The Morgan fingerprint density at radius 2 is 1.74 bits per heavy atom. The van der Waals surface area contributed by atoms with E-state index in [9.17, 15) is 4.79 Å². The number of rotatable bonds is 3. The van der Waals surface area contributed by atoms with Crippen molar-refractivity contribution in [2.75, 3.05) is 19.5 Å². The highest BCUT2D eigenvalue weighted by atomic mass is 35.5. The number of ether oxygens (including phenoxy) is 2. The van der Waals surface area contributed by atoms with Gasteiger partial charge in [0.2, 0.25) is 0 Å². The van der Waals surface area contributed by atoms with Crippen LogP contribution in [0.2, 0.25) is 10.0 Å². The van der Waals surface area contributed by atoms with Gasteiger partial charge in [0, 0.05) is 45.4 Å². The van der Waals surface area contributed by atoms with Crippen LogP contribution < -0.4 is 14.8 Å². The number of carbonyl (C=O) groups excluding carboxylic acids is 1. The molecular formula is C21H19Cl2NO3. The molecule has 1 aliphatic heterocycles. The van der Waals surface area contributed by atoms with Crippen LogP contribution in [-0.2, 0) is 4.79 Å². The third kappa shape index (κ3) is 3.07. The maximum Gasteiger partial charge on any atom is 0.162 e. The maximum atomic E-state index is 12.9. The summed E-state index contributed by atoms with van der Waals surface area (Å²) < 4.78 is 10.9. The Hall–Kier alpha value is -2.17. The van der Waals surface area contributed by atoms with Crippen LogP contribution >= 0.6 is 23.2 Å². The van der Waals surface area contributed by atoms with Crippen molar-refractivity contribution in [2.45, 2.75) is 25.2 Å². The molecule has 27 heavy (non-hydrogen) atoms. The third-order valence-corrected chi connectivity index (χ3v) is 5.73. The Morgan fingerprint density at radius 3 is 2.44 bits per heavy atom. The summed E-state index contributed by atoms with van der Waals surface area (Å²) in [5, 5.41) is 4.55. The zero-order valence-electron chi connectivity index (χ0n) is 15.1. The molecule has 0 saturated carbocycles. The predicted molar refractivity (Wildman–Crippen MR) is 107 cm³/mol. The number of halogens is 2. The van der Waals surface area contributed by atoms with Gasteiger partial charge in [0.15, 0.2) is 17.3 Å². The summed E-state index contributed by atoms with van der Waals surface area (Å²) in [7, 11) is 3.21. The number of methoxy groups -OCH3 is 2. The van der Waals surface area contributed by atoms with Crippen LogP contribution in [-0.4, -0.2) is 20.0 Å². The van der Waals surface area contributed by atoms with Gasteiger partial charge >= 0.3 is 0 Å². The molecule has 0 bridgehead atoms. The maximum absolute atomic E-state index is 12.9. The smallest absolute Gasteiger partial charge is 0.162 e. The van der Waals surface area contributed by atoms with Crippen LogP contribution in [0, 0.1) is 0 Å². The Balaban J connectivity index is 1.98. The topological polar surface area (TPSA) is 47.6 Å². The molecular weight excluding hydrogens is 385 g/mol. The molecule has 0 fully saturated rings. The summed E-state index contributed by atoms with van der Waals surface area (Å²) in [6, 6.07) is 9.25. The molecule has 0 radical (unpaired) electrons. The fourth-order valence-electron chi connectivity index (χ4n) is 3.95. The van der Waals surface area contributed by atoms with Crippen LogP contribution in [0.15, 0.2) is 41.6 Å². The van der Waals surface area contributed by atoms with Crippen molar-refractivity contribution in [1.29, 1.82) is 0 Å². The predicted octanol–water partition coefficient (Wildman–Crippen LogP) is 5.58. The molecule has 4 rings (SSSR count). The minimum absolute atomic E-state index is 0.153. The van der Waals surface area contributed by atoms with Gasteiger partial charge < -0.3 is 14.8 Å². The number of hydrogen-bond acceptors (Lipinski definition) is 4. The van der Waals surface area contributed by atoms with Gasteiger partial charge in [-0.15, -0.1) is 0 Å². The van der Waals surface area contributed by atoms with Crippen molar-refractivity contribution in [3.63, 3.8) is 0 Å². The summed E-state index contributed by atoms with van der Waals surface area (Å²) in [6.07, 6.45) is 2.22. The second-order valence-electron chi connectivity index (χ2n) is 6.69. The molecule has 6 heteroatoms. The first-order valence-corrected chi connectivity index (χ1v) is 9.53. The van der Waals surface area contributed by atoms with E-state index >= 15 is 0 Å². The van der Waals surface area contributed by atoms with E-state index in [-0.39, 0.29) is 11.7 Å². The lowest BCUT2D eigenvalue weighted by atomic mass is 9.75. The van der Waals surface area contributed by atoms with E-state index in [0.29, 0.717) is 28.0 Å². The van der Waals surface area contributed by atoms with E-state index in [4.69, 9.17) is 32.7 Å². The molecule has 0 spiro atoms. The monoisotopic (exact) mass is 403 g/mol. The summed E-state index contributed by atoms with van der Waals surface area (Å²) in [6.45, 7) is 0. The summed E-state index contributed by atoms with van der Waals surface area (Å²) >= 11 is 12.6. The van der Waals surface area contributed by atoms with Gasteiger partial charge in [-0.2, -0.15) is 0 Å². The normalized spacial score (nSPS) is 18.5. The number of allylic oxidation sites excluding steroid dienone is 2. The lowest BCUT2D eigenvalue weighted by molar-refractivity contribution is -0.116. The Morgan fingerprint density at radius 1 is 1.00 bits per heavy atom. The van der Waals surface area contributed by atoms with Crippen molar-refractivity contribution in [3.8, 4) is 11.5 Å². The van der Waals surface area contributed by atoms with E-state index < -0.39 is 0 Å². The number of benzene rings is 2. The van der Waals surface area contributed by atoms with E-state index in [1.165, 1.54) is 0 Å². The van der Waals surface area contributed by atoms with Crippen LogP contribution in [0.25, 0.3) is 0 Å². The van der Waals surface area contributed by atoms with E-state index in [2.05, 4.69) is 5.32 Å². The fourth-order valence-corrected chi connectivity index (χ4v) is 4.46. The molecule has 2 aromatic carbocycles.